The average Bonchev–Trinajstić information content (AvgIpc) is 3.35. The van der Waals surface area contributed by atoms with Gasteiger partial charge in [-0.1, -0.05) is 38.3 Å². The van der Waals surface area contributed by atoms with E-state index < -0.39 is 5.82 Å². The molecule has 1 saturated heterocycles. The van der Waals surface area contributed by atoms with Crippen molar-refractivity contribution in [3.63, 3.8) is 0 Å². The highest BCUT2D eigenvalue weighted by atomic mass is 32.1. The molecule has 0 N–H and O–H groups in total. The van der Waals surface area contributed by atoms with Gasteiger partial charge < -0.3 is 4.74 Å². The van der Waals surface area contributed by atoms with Crippen LogP contribution in [0.3, 0.4) is 0 Å². The van der Waals surface area contributed by atoms with Gasteiger partial charge in [0.2, 0.25) is 0 Å². The van der Waals surface area contributed by atoms with E-state index in [0.717, 1.165) is 59.2 Å². The van der Waals surface area contributed by atoms with Crippen LogP contribution in [0, 0.1) is 17.7 Å². The maximum atomic E-state index is 15.0. The molecule has 39 heavy (non-hydrogen) atoms. The number of hydrogen-bond donors (Lipinski definition) is 0. The minimum absolute atomic E-state index is 0.141. The molecule has 0 radical (unpaired) electrons. The van der Waals surface area contributed by atoms with Crippen LogP contribution in [-0.4, -0.2) is 33.7 Å². The molecule has 3 aromatic heterocycles. The number of rotatable bonds is 9. The van der Waals surface area contributed by atoms with Gasteiger partial charge in [0.15, 0.2) is 11.6 Å². The van der Waals surface area contributed by atoms with Crippen LogP contribution in [-0.2, 0) is 17.8 Å². The van der Waals surface area contributed by atoms with Gasteiger partial charge in [-0.3, -0.25) is 19.7 Å². The summed E-state index contributed by atoms with van der Waals surface area (Å²) >= 11 is 1.54. The predicted molar refractivity (Wildman–Crippen MR) is 154 cm³/mol. The van der Waals surface area contributed by atoms with Crippen molar-refractivity contribution in [2.75, 3.05) is 13.1 Å². The molecule has 4 aromatic rings. The monoisotopic (exact) mass is 543 g/mol. The Kier molecular flexibility index (Phi) is 7.71. The van der Waals surface area contributed by atoms with Gasteiger partial charge in [0, 0.05) is 37.8 Å². The second-order valence-corrected chi connectivity index (χ2v) is 12.3. The highest BCUT2D eigenvalue weighted by Gasteiger charge is 2.21. The number of piperidine rings is 1. The van der Waals surface area contributed by atoms with Crippen LogP contribution in [0.25, 0.3) is 20.8 Å². The van der Waals surface area contributed by atoms with Crippen LogP contribution in [0.15, 0.2) is 54.9 Å². The Morgan fingerprint density at radius 2 is 1.85 bits per heavy atom. The Morgan fingerprint density at radius 1 is 1.03 bits per heavy atom. The number of Topliss-reactive ketones (excluding diaryl/α,β-unsaturated/α-hetero) is 1. The number of nitrogens with zero attached hydrogens (tertiary/aromatic N) is 3. The van der Waals surface area contributed by atoms with Crippen LogP contribution in [0.1, 0.15) is 56.6 Å². The summed E-state index contributed by atoms with van der Waals surface area (Å²) in [4.78, 5) is 25.1. The third-order valence-electron chi connectivity index (χ3n) is 8.09. The van der Waals surface area contributed by atoms with Gasteiger partial charge in [0.1, 0.15) is 11.5 Å². The first kappa shape index (κ1) is 26.1. The zero-order chi connectivity index (χ0) is 26.8. The van der Waals surface area contributed by atoms with Gasteiger partial charge in [-0.2, -0.15) is 0 Å². The maximum Gasteiger partial charge on any atom is 0.166 e. The van der Waals surface area contributed by atoms with Crippen molar-refractivity contribution in [3.8, 4) is 22.1 Å². The molecule has 202 valence electrons. The summed E-state index contributed by atoms with van der Waals surface area (Å²) in [5, 5.41) is 0. The summed E-state index contributed by atoms with van der Waals surface area (Å²) < 4.78 is 21.8. The van der Waals surface area contributed by atoms with E-state index in [9.17, 15) is 9.18 Å². The Labute approximate surface area is 233 Å². The molecule has 7 heteroatoms. The Morgan fingerprint density at radius 3 is 2.56 bits per heavy atom. The van der Waals surface area contributed by atoms with Crippen molar-refractivity contribution in [1.82, 2.24) is 14.9 Å². The second-order valence-electron chi connectivity index (χ2n) is 11.2. The molecule has 1 aliphatic heterocycles. The van der Waals surface area contributed by atoms with Gasteiger partial charge >= 0.3 is 0 Å². The molecule has 1 saturated carbocycles. The lowest BCUT2D eigenvalue weighted by atomic mass is 9.81. The number of halogens is 1. The van der Waals surface area contributed by atoms with Crippen molar-refractivity contribution in [1.29, 1.82) is 0 Å². The smallest absolute Gasteiger partial charge is 0.166 e. The summed E-state index contributed by atoms with van der Waals surface area (Å²) in [6, 6.07) is 12.8. The maximum absolute atomic E-state index is 15.0. The molecule has 2 aliphatic rings. The number of likely N-dealkylation sites (tertiary alicyclic amines) is 1. The van der Waals surface area contributed by atoms with E-state index in [-0.39, 0.29) is 18.0 Å². The van der Waals surface area contributed by atoms with Gasteiger partial charge in [-0.25, -0.2) is 4.39 Å². The highest BCUT2D eigenvalue weighted by molar-refractivity contribution is 7.22. The van der Waals surface area contributed by atoms with E-state index in [1.807, 2.05) is 12.3 Å². The van der Waals surface area contributed by atoms with E-state index in [1.165, 1.54) is 30.9 Å². The topological polar surface area (TPSA) is 55.3 Å². The number of aromatic nitrogens is 2. The fraction of sp³-hybridized carbons (Fsp3) is 0.406. The Bertz CT molecular complexity index is 1460. The second kappa shape index (κ2) is 11.5. The molecule has 0 unspecified atom stereocenters. The number of ether oxygens (including phenoxy) is 1. The van der Waals surface area contributed by atoms with E-state index in [2.05, 4.69) is 28.9 Å². The molecule has 0 atom stereocenters. The van der Waals surface area contributed by atoms with Crippen LogP contribution in [0.4, 0.5) is 4.39 Å². The van der Waals surface area contributed by atoms with Crippen LogP contribution >= 0.6 is 11.3 Å². The summed E-state index contributed by atoms with van der Waals surface area (Å²) in [5.74, 6) is 1.75. The van der Waals surface area contributed by atoms with Crippen molar-refractivity contribution in [2.24, 2.45) is 11.8 Å². The van der Waals surface area contributed by atoms with Crippen LogP contribution in [0.5, 0.6) is 11.5 Å². The fourth-order valence-electron chi connectivity index (χ4n) is 5.44. The molecule has 1 aliphatic carbocycles. The number of benzene rings is 1. The minimum Gasteiger partial charge on any atom is -0.453 e. The lowest BCUT2D eigenvalue weighted by Crippen LogP contribution is -2.32. The summed E-state index contributed by atoms with van der Waals surface area (Å²) in [6.45, 7) is 5.56. The molecule has 6 rings (SSSR count). The minimum atomic E-state index is -0.467. The lowest BCUT2D eigenvalue weighted by Gasteiger charge is -2.30. The largest absolute Gasteiger partial charge is 0.453 e. The zero-order valence-corrected chi connectivity index (χ0v) is 23.2. The van der Waals surface area contributed by atoms with Gasteiger partial charge in [0.05, 0.1) is 20.8 Å². The van der Waals surface area contributed by atoms with E-state index in [4.69, 9.17) is 9.72 Å². The molecule has 0 amide bonds. The third kappa shape index (κ3) is 6.20. The van der Waals surface area contributed by atoms with E-state index in [1.54, 1.807) is 35.7 Å². The highest BCUT2D eigenvalue weighted by Crippen LogP contribution is 2.39. The number of carbonyl (C=O) groups excluding carboxylic acids is 1. The molecule has 0 bridgehead atoms. The lowest BCUT2D eigenvalue weighted by molar-refractivity contribution is -0.119. The van der Waals surface area contributed by atoms with E-state index >= 15 is 0 Å². The van der Waals surface area contributed by atoms with Crippen LogP contribution in [0.2, 0.25) is 0 Å². The van der Waals surface area contributed by atoms with Gasteiger partial charge in [-0.15, -0.1) is 11.3 Å². The van der Waals surface area contributed by atoms with E-state index in [0.29, 0.717) is 23.7 Å². The Hall–Kier alpha value is -3.16. The number of thiophene rings is 1. The number of hydrogen-bond acceptors (Lipinski definition) is 6. The quantitative estimate of drug-likeness (QED) is 0.215. The van der Waals surface area contributed by atoms with Crippen molar-refractivity contribution < 1.29 is 13.9 Å². The SMILES string of the molecule is CC1CCN(Cc2ccc(-c3cc4nccc(Oc5ccc(CC(=O)CC6CCC6)cc5F)c4s3)nc2)CC1. The first-order chi connectivity index (χ1) is 19.0. The number of carbonyl (C=O) groups is 1. The molecule has 4 heterocycles. The third-order valence-corrected chi connectivity index (χ3v) is 9.26. The standard InChI is InChI=1S/C32H34FN3O2S/c1-21-10-13-36(14-11-21)20-24-5-7-27(35-19-24)31-18-28-32(39-31)30(9-12-34-28)38-29-8-6-23(17-26(29)33)16-25(37)15-22-3-2-4-22/h5-9,12,17-19,21-22H,2-4,10-11,13-16,20H2,1H3. The molecule has 0 spiro atoms. The summed E-state index contributed by atoms with van der Waals surface area (Å²) in [7, 11) is 0. The molecule has 2 fully saturated rings. The number of pyridine rings is 2. The average molecular weight is 544 g/mol. The number of ketones is 1. The van der Waals surface area contributed by atoms with Crippen molar-refractivity contribution >= 4 is 27.3 Å². The van der Waals surface area contributed by atoms with Gasteiger partial charge in [-0.05, 0) is 73.2 Å². The first-order valence-corrected chi connectivity index (χ1v) is 14.9. The predicted octanol–water partition coefficient (Wildman–Crippen LogP) is 7.82. The molecular weight excluding hydrogens is 509 g/mol. The fourth-order valence-corrected chi connectivity index (χ4v) is 6.48. The zero-order valence-electron chi connectivity index (χ0n) is 22.4. The summed E-state index contributed by atoms with van der Waals surface area (Å²) in [5.41, 5.74) is 3.59. The van der Waals surface area contributed by atoms with Crippen molar-refractivity contribution in [3.05, 3.63) is 71.8 Å². The molecule has 1 aromatic carbocycles. The van der Waals surface area contributed by atoms with Gasteiger partial charge in [0.25, 0.3) is 0 Å². The molecule has 5 nitrogen and oxygen atoms in total. The molecular formula is C32H34FN3O2S. The number of fused-ring (bicyclic) bond motifs is 1. The van der Waals surface area contributed by atoms with Crippen LogP contribution < -0.4 is 4.74 Å². The normalized spacial score (nSPS) is 16.9. The summed E-state index contributed by atoms with van der Waals surface area (Å²) in [6.07, 6.45) is 10.5. The van der Waals surface area contributed by atoms with Crippen molar-refractivity contribution in [2.45, 2.75) is 58.4 Å². The Balaban J connectivity index is 1.14. The first-order valence-electron chi connectivity index (χ1n) is 14.0.